The molecule has 2 rings (SSSR count). The summed E-state index contributed by atoms with van der Waals surface area (Å²) < 4.78 is 27.7. The minimum atomic E-state index is -3.67. The van der Waals surface area contributed by atoms with Crippen molar-refractivity contribution in [1.29, 1.82) is 0 Å². The van der Waals surface area contributed by atoms with Gasteiger partial charge in [-0.25, -0.2) is 13.6 Å². The molecule has 110 valence electrons. The lowest BCUT2D eigenvalue weighted by atomic mass is 10.3. The van der Waals surface area contributed by atoms with E-state index in [0.717, 1.165) is 6.54 Å². The third kappa shape index (κ3) is 4.19. The fourth-order valence-electron chi connectivity index (χ4n) is 1.90. The van der Waals surface area contributed by atoms with Gasteiger partial charge in [-0.05, 0) is 24.3 Å². The van der Waals surface area contributed by atoms with Crippen LogP contribution in [0, 0.1) is 0 Å². The van der Waals surface area contributed by atoms with E-state index in [4.69, 9.17) is 9.88 Å². The second kappa shape index (κ2) is 6.21. The quantitative estimate of drug-likeness (QED) is 0.737. The Morgan fingerprint density at radius 2 is 2.00 bits per heavy atom. The monoisotopic (exact) mass is 299 g/mol. The normalized spacial score (nSPS) is 16.8. The molecule has 0 unspecified atom stereocenters. The number of nitrogens with one attached hydrogen (secondary N) is 1. The molecule has 1 aliphatic rings. The lowest BCUT2D eigenvalue weighted by Gasteiger charge is -2.26. The summed E-state index contributed by atoms with van der Waals surface area (Å²) in [5.74, 6) is 0.590. The molecule has 0 radical (unpaired) electrons. The fourth-order valence-corrected chi connectivity index (χ4v) is 2.42. The van der Waals surface area contributed by atoms with E-state index < -0.39 is 10.0 Å². The molecule has 0 atom stereocenters. The maximum atomic E-state index is 11.2. The van der Waals surface area contributed by atoms with Gasteiger partial charge in [0.05, 0.1) is 11.4 Å². The zero-order valence-corrected chi connectivity index (χ0v) is 11.7. The van der Waals surface area contributed by atoms with Crippen molar-refractivity contribution >= 4 is 15.9 Å². The lowest BCUT2D eigenvalue weighted by Crippen LogP contribution is -2.48. The fraction of sp³-hybridized carbons (Fsp3) is 0.417. The van der Waals surface area contributed by atoms with Crippen molar-refractivity contribution in [3.8, 4) is 5.75 Å². The third-order valence-electron chi connectivity index (χ3n) is 2.95. The molecule has 1 saturated heterocycles. The van der Waals surface area contributed by atoms with Crippen LogP contribution in [-0.4, -0.2) is 52.0 Å². The second-order valence-electron chi connectivity index (χ2n) is 4.49. The number of amides is 1. The SMILES string of the molecule is NS(=O)(=O)c1ccc(OCCN2CCNC(=O)C2)cc1. The zero-order valence-electron chi connectivity index (χ0n) is 10.9. The zero-order chi connectivity index (χ0) is 14.6. The number of hydrogen-bond donors (Lipinski definition) is 2. The van der Waals surface area contributed by atoms with Crippen LogP contribution in [0.25, 0.3) is 0 Å². The van der Waals surface area contributed by atoms with Gasteiger partial charge in [-0.3, -0.25) is 9.69 Å². The number of piperazine rings is 1. The van der Waals surface area contributed by atoms with Gasteiger partial charge in [-0.2, -0.15) is 0 Å². The van der Waals surface area contributed by atoms with Gasteiger partial charge in [-0.15, -0.1) is 0 Å². The largest absolute Gasteiger partial charge is 0.492 e. The molecule has 7 nitrogen and oxygen atoms in total. The van der Waals surface area contributed by atoms with Crippen LogP contribution in [-0.2, 0) is 14.8 Å². The summed E-state index contributed by atoms with van der Waals surface area (Å²) in [7, 11) is -3.67. The maximum absolute atomic E-state index is 11.2. The summed E-state index contributed by atoms with van der Waals surface area (Å²) in [4.78, 5) is 13.2. The summed E-state index contributed by atoms with van der Waals surface area (Å²) in [6.45, 7) is 2.92. The van der Waals surface area contributed by atoms with E-state index in [-0.39, 0.29) is 10.8 Å². The minimum absolute atomic E-state index is 0.0220. The average molecular weight is 299 g/mol. The van der Waals surface area contributed by atoms with Crippen LogP contribution in [0.1, 0.15) is 0 Å². The first kappa shape index (κ1) is 14.8. The van der Waals surface area contributed by atoms with Crippen molar-refractivity contribution in [2.45, 2.75) is 4.90 Å². The van der Waals surface area contributed by atoms with E-state index in [1.807, 2.05) is 4.90 Å². The van der Waals surface area contributed by atoms with Gasteiger partial charge in [0.15, 0.2) is 0 Å². The number of carbonyl (C=O) groups is 1. The van der Waals surface area contributed by atoms with Gasteiger partial charge >= 0.3 is 0 Å². The van der Waals surface area contributed by atoms with Crippen LogP contribution in [0.2, 0.25) is 0 Å². The molecule has 8 heteroatoms. The summed E-state index contributed by atoms with van der Waals surface area (Å²) >= 11 is 0. The van der Waals surface area contributed by atoms with Crippen molar-refractivity contribution in [2.75, 3.05) is 32.8 Å². The van der Waals surface area contributed by atoms with Crippen LogP contribution in [0.4, 0.5) is 0 Å². The minimum Gasteiger partial charge on any atom is -0.492 e. The van der Waals surface area contributed by atoms with Crippen LogP contribution in [0.5, 0.6) is 5.75 Å². The molecule has 20 heavy (non-hydrogen) atoms. The molecule has 1 aromatic carbocycles. The molecule has 3 N–H and O–H groups in total. The molecule has 0 saturated carbocycles. The molecule has 0 spiro atoms. The van der Waals surface area contributed by atoms with E-state index in [0.29, 0.717) is 32.0 Å². The summed E-state index contributed by atoms with van der Waals surface area (Å²) in [6, 6.07) is 5.92. The van der Waals surface area contributed by atoms with Crippen LogP contribution < -0.4 is 15.2 Å². The van der Waals surface area contributed by atoms with Gasteiger partial charge in [0.1, 0.15) is 12.4 Å². The predicted molar refractivity (Wildman–Crippen MR) is 72.8 cm³/mol. The number of primary sulfonamides is 1. The Bertz CT molecular complexity index is 571. The highest BCUT2D eigenvalue weighted by molar-refractivity contribution is 7.89. The van der Waals surface area contributed by atoms with Crippen LogP contribution in [0.3, 0.4) is 0 Å². The Morgan fingerprint density at radius 3 is 2.60 bits per heavy atom. The molecule has 1 amide bonds. The molecular formula is C12H17N3O4S. The summed E-state index contributed by atoms with van der Waals surface area (Å²) in [6.07, 6.45) is 0. The highest BCUT2D eigenvalue weighted by atomic mass is 32.2. The Balaban J connectivity index is 1.81. The van der Waals surface area contributed by atoms with Crippen molar-refractivity contribution < 1.29 is 17.9 Å². The first-order valence-electron chi connectivity index (χ1n) is 6.20. The Hall–Kier alpha value is -1.64. The molecule has 1 heterocycles. The number of hydrogen-bond acceptors (Lipinski definition) is 5. The number of carbonyl (C=O) groups excluding carboxylic acids is 1. The Morgan fingerprint density at radius 1 is 1.30 bits per heavy atom. The third-order valence-corrected chi connectivity index (χ3v) is 3.88. The smallest absolute Gasteiger partial charge is 0.238 e. The van der Waals surface area contributed by atoms with Crippen LogP contribution >= 0.6 is 0 Å². The van der Waals surface area contributed by atoms with Crippen molar-refractivity contribution in [2.24, 2.45) is 5.14 Å². The van der Waals surface area contributed by atoms with Gasteiger partial charge in [0.2, 0.25) is 15.9 Å². The average Bonchev–Trinajstić information content (AvgIpc) is 2.38. The highest BCUT2D eigenvalue weighted by Crippen LogP contribution is 2.14. The first-order valence-corrected chi connectivity index (χ1v) is 7.74. The molecule has 1 aliphatic heterocycles. The highest BCUT2D eigenvalue weighted by Gasteiger charge is 2.15. The molecule has 0 bridgehead atoms. The summed E-state index contributed by atoms with van der Waals surface area (Å²) in [5, 5.41) is 7.75. The number of nitrogens with two attached hydrogens (primary N) is 1. The van der Waals surface area contributed by atoms with Gasteiger partial charge in [0.25, 0.3) is 0 Å². The first-order chi connectivity index (χ1) is 9.45. The molecule has 1 fully saturated rings. The predicted octanol–water partition coefficient (Wildman–Crippen LogP) is -0.855. The maximum Gasteiger partial charge on any atom is 0.238 e. The van der Waals surface area contributed by atoms with E-state index in [1.165, 1.54) is 12.1 Å². The van der Waals surface area contributed by atoms with Gasteiger partial charge in [-0.1, -0.05) is 0 Å². The van der Waals surface area contributed by atoms with Gasteiger partial charge < -0.3 is 10.1 Å². The van der Waals surface area contributed by atoms with Crippen molar-refractivity contribution in [3.63, 3.8) is 0 Å². The van der Waals surface area contributed by atoms with E-state index in [1.54, 1.807) is 12.1 Å². The summed E-state index contributed by atoms with van der Waals surface area (Å²) in [5.41, 5.74) is 0. The number of benzene rings is 1. The standard InChI is InChI=1S/C12H17N3O4S/c13-20(17,18)11-3-1-10(2-4-11)19-8-7-15-6-5-14-12(16)9-15/h1-4H,5-9H2,(H,14,16)(H2,13,17,18). The van der Waals surface area contributed by atoms with Crippen molar-refractivity contribution in [3.05, 3.63) is 24.3 Å². The Labute approximate surface area is 117 Å². The van der Waals surface area contributed by atoms with E-state index in [2.05, 4.69) is 5.32 Å². The molecular weight excluding hydrogens is 282 g/mol. The second-order valence-corrected chi connectivity index (χ2v) is 6.05. The lowest BCUT2D eigenvalue weighted by molar-refractivity contribution is -0.124. The number of sulfonamides is 1. The van der Waals surface area contributed by atoms with Gasteiger partial charge in [0, 0.05) is 19.6 Å². The van der Waals surface area contributed by atoms with E-state index >= 15 is 0 Å². The topological polar surface area (TPSA) is 102 Å². The van der Waals surface area contributed by atoms with Crippen LogP contribution in [0.15, 0.2) is 29.2 Å². The molecule has 1 aromatic rings. The number of rotatable bonds is 5. The number of nitrogens with zero attached hydrogens (tertiary/aromatic N) is 1. The molecule has 0 aromatic heterocycles. The molecule has 0 aliphatic carbocycles. The Kier molecular flexibility index (Phi) is 4.58. The number of ether oxygens (including phenoxy) is 1. The van der Waals surface area contributed by atoms with E-state index in [9.17, 15) is 13.2 Å². The van der Waals surface area contributed by atoms with Crippen molar-refractivity contribution in [1.82, 2.24) is 10.2 Å².